The second kappa shape index (κ2) is 11.3. The minimum atomic E-state index is -3.88. The maximum Gasteiger partial charge on any atom is 0.254 e. The highest BCUT2D eigenvalue weighted by atomic mass is 32.2. The molecule has 0 saturated heterocycles. The van der Waals surface area contributed by atoms with Crippen LogP contribution < -0.4 is 0 Å². The SMILES string of the molecule is C=CCN(Cc1cnc(S(=O)(=O)Cc2ccc(F)cc2)n1Cc1ccccc1)C(=O)c1ccccc1C. The quantitative estimate of drug-likeness (QED) is 0.272. The van der Waals surface area contributed by atoms with Gasteiger partial charge in [-0.2, -0.15) is 0 Å². The number of benzene rings is 3. The number of halogens is 1. The van der Waals surface area contributed by atoms with Crippen LogP contribution >= 0.6 is 0 Å². The highest BCUT2D eigenvalue weighted by molar-refractivity contribution is 7.90. The van der Waals surface area contributed by atoms with Gasteiger partial charge in [0.2, 0.25) is 15.0 Å². The Balaban J connectivity index is 1.72. The summed E-state index contributed by atoms with van der Waals surface area (Å²) < 4.78 is 41.9. The molecule has 1 heterocycles. The van der Waals surface area contributed by atoms with E-state index in [1.54, 1.807) is 21.6 Å². The summed E-state index contributed by atoms with van der Waals surface area (Å²) >= 11 is 0. The molecule has 190 valence electrons. The number of carbonyl (C=O) groups is 1. The van der Waals surface area contributed by atoms with Gasteiger partial charge in [0, 0.05) is 12.1 Å². The molecule has 0 atom stereocenters. The number of amides is 1. The number of aryl methyl sites for hydroxylation is 1. The maximum absolute atomic E-state index is 13.4. The van der Waals surface area contributed by atoms with Crippen molar-refractivity contribution in [3.8, 4) is 0 Å². The topological polar surface area (TPSA) is 72.3 Å². The maximum atomic E-state index is 13.4. The van der Waals surface area contributed by atoms with Crippen LogP contribution in [0.4, 0.5) is 4.39 Å². The Morgan fingerprint density at radius 3 is 2.35 bits per heavy atom. The Morgan fingerprint density at radius 1 is 1.00 bits per heavy atom. The predicted octanol–water partition coefficient (Wildman–Crippen LogP) is 5.18. The van der Waals surface area contributed by atoms with Crippen molar-refractivity contribution in [1.29, 1.82) is 0 Å². The van der Waals surface area contributed by atoms with Crippen molar-refractivity contribution in [2.75, 3.05) is 6.54 Å². The highest BCUT2D eigenvalue weighted by Crippen LogP contribution is 2.22. The van der Waals surface area contributed by atoms with E-state index in [1.807, 2.05) is 55.5 Å². The van der Waals surface area contributed by atoms with Crippen molar-refractivity contribution in [3.05, 3.63) is 131 Å². The first-order chi connectivity index (χ1) is 17.8. The van der Waals surface area contributed by atoms with Gasteiger partial charge >= 0.3 is 0 Å². The molecule has 37 heavy (non-hydrogen) atoms. The first-order valence-corrected chi connectivity index (χ1v) is 13.4. The summed E-state index contributed by atoms with van der Waals surface area (Å²) in [5.41, 5.74) is 3.34. The Bertz CT molecular complexity index is 1500. The molecular weight excluding hydrogens is 489 g/mol. The molecule has 0 aliphatic heterocycles. The van der Waals surface area contributed by atoms with Crippen molar-refractivity contribution in [2.24, 2.45) is 0 Å². The molecule has 0 fully saturated rings. The summed E-state index contributed by atoms with van der Waals surface area (Å²) in [4.78, 5) is 19.3. The summed E-state index contributed by atoms with van der Waals surface area (Å²) in [6.07, 6.45) is 3.14. The number of imidazole rings is 1. The molecule has 0 spiro atoms. The molecule has 0 N–H and O–H groups in total. The molecule has 3 aromatic carbocycles. The lowest BCUT2D eigenvalue weighted by atomic mass is 10.1. The van der Waals surface area contributed by atoms with Gasteiger partial charge in [-0.1, -0.05) is 66.7 Å². The lowest BCUT2D eigenvalue weighted by molar-refractivity contribution is 0.0758. The third-order valence-electron chi connectivity index (χ3n) is 6.00. The Hall–Kier alpha value is -4.04. The van der Waals surface area contributed by atoms with E-state index in [0.717, 1.165) is 11.1 Å². The third kappa shape index (κ3) is 6.21. The molecule has 0 bridgehead atoms. The van der Waals surface area contributed by atoms with Crippen molar-refractivity contribution in [1.82, 2.24) is 14.5 Å². The van der Waals surface area contributed by atoms with Gasteiger partial charge in [-0.25, -0.2) is 17.8 Å². The van der Waals surface area contributed by atoms with E-state index in [4.69, 9.17) is 0 Å². The van der Waals surface area contributed by atoms with E-state index in [1.165, 1.54) is 30.5 Å². The van der Waals surface area contributed by atoms with Crippen LogP contribution in [-0.4, -0.2) is 35.3 Å². The largest absolute Gasteiger partial charge is 0.329 e. The predicted molar refractivity (Wildman–Crippen MR) is 141 cm³/mol. The van der Waals surface area contributed by atoms with E-state index in [9.17, 15) is 17.6 Å². The Kier molecular flexibility index (Phi) is 7.98. The highest BCUT2D eigenvalue weighted by Gasteiger charge is 2.26. The smallest absolute Gasteiger partial charge is 0.254 e. The van der Waals surface area contributed by atoms with Gasteiger partial charge in [0.25, 0.3) is 5.91 Å². The van der Waals surface area contributed by atoms with Crippen LogP contribution in [-0.2, 0) is 28.7 Å². The fraction of sp³-hybridized carbons (Fsp3) is 0.172. The average molecular weight is 518 g/mol. The zero-order valence-electron chi connectivity index (χ0n) is 20.5. The zero-order chi connectivity index (χ0) is 26.4. The average Bonchev–Trinajstić information content (AvgIpc) is 3.28. The normalized spacial score (nSPS) is 11.3. The van der Waals surface area contributed by atoms with E-state index in [-0.39, 0.29) is 36.5 Å². The Morgan fingerprint density at radius 2 is 1.68 bits per heavy atom. The Labute approximate surface area is 216 Å². The van der Waals surface area contributed by atoms with Crippen molar-refractivity contribution >= 4 is 15.7 Å². The van der Waals surface area contributed by atoms with Crippen molar-refractivity contribution in [3.63, 3.8) is 0 Å². The van der Waals surface area contributed by atoms with Crippen LogP contribution in [0.3, 0.4) is 0 Å². The molecule has 0 radical (unpaired) electrons. The van der Waals surface area contributed by atoms with Gasteiger partial charge < -0.3 is 9.47 Å². The molecule has 0 aliphatic rings. The second-order valence-electron chi connectivity index (χ2n) is 8.78. The molecule has 0 aliphatic carbocycles. The van der Waals surface area contributed by atoms with Crippen LogP contribution in [0.15, 0.2) is 103 Å². The van der Waals surface area contributed by atoms with E-state index in [0.29, 0.717) is 16.8 Å². The minimum absolute atomic E-state index is 0.0995. The van der Waals surface area contributed by atoms with E-state index < -0.39 is 15.7 Å². The van der Waals surface area contributed by atoms with Gasteiger partial charge in [0.1, 0.15) is 5.82 Å². The van der Waals surface area contributed by atoms with Gasteiger partial charge in [-0.3, -0.25) is 4.79 Å². The van der Waals surface area contributed by atoms with Gasteiger partial charge in [-0.15, -0.1) is 6.58 Å². The summed E-state index contributed by atoms with van der Waals surface area (Å²) in [5.74, 6) is -0.937. The minimum Gasteiger partial charge on any atom is -0.329 e. The number of hydrogen-bond acceptors (Lipinski definition) is 4. The van der Waals surface area contributed by atoms with Crippen LogP contribution in [0.2, 0.25) is 0 Å². The second-order valence-corrected chi connectivity index (χ2v) is 10.7. The van der Waals surface area contributed by atoms with Gasteiger partial charge in [0.15, 0.2) is 0 Å². The van der Waals surface area contributed by atoms with Gasteiger partial charge in [0.05, 0.1) is 30.7 Å². The van der Waals surface area contributed by atoms with Crippen LogP contribution in [0.25, 0.3) is 0 Å². The van der Waals surface area contributed by atoms with Crippen LogP contribution in [0.1, 0.15) is 32.7 Å². The zero-order valence-corrected chi connectivity index (χ0v) is 21.4. The molecule has 1 aromatic heterocycles. The molecule has 0 unspecified atom stereocenters. The number of carbonyl (C=O) groups excluding carboxylic acids is 1. The molecule has 8 heteroatoms. The number of aromatic nitrogens is 2. The third-order valence-corrected chi connectivity index (χ3v) is 7.59. The van der Waals surface area contributed by atoms with Gasteiger partial charge in [-0.05, 0) is 41.8 Å². The summed E-state index contributed by atoms with van der Waals surface area (Å²) in [7, 11) is -3.88. The molecule has 1 amide bonds. The number of rotatable bonds is 10. The van der Waals surface area contributed by atoms with Crippen LogP contribution in [0, 0.1) is 12.7 Å². The van der Waals surface area contributed by atoms with E-state index in [2.05, 4.69) is 11.6 Å². The lowest BCUT2D eigenvalue weighted by Gasteiger charge is -2.23. The lowest BCUT2D eigenvalue weighted by Crippen LogP contribution is -2.32. The number of hydrogen-bond donors (Lipinski definition) is 0. The van der Waals surface area contributed by atoms with Crippen LogP contribution in [0.5, 0.6) is 0 Å². The fourth-order valence-electron chi connectivity index (χ4n) is 4.12. The monoisotopic (exact) mass is 517 g/mol. The molecular formula is C29H28FN3O3S. The van der Waals surface area contributed by atoms with Crippen molar-refractivity contribution in [2.45, 2.75) is 30.9 Å². The first kappa shape index (κ1) is 26.0. The molecule has 0 saturated carbocycles. The fourth-order valence-corrected chi connectivity index (χ4v) is 5.61. The first-order valence-electron chi connectivity index (χ1n) is 11.8. The molecule has 4 rings (SSSR count). The standard InChI is InChI=1S/C29H28FN3O3S/c1-3-17-32(28(34)27-12-8-7-9-22(27)2)20-26-18-31-29(33(26)19-23-10-5-4-6-11-23)37(35,36)21-24-13-15-25(30)16-14-24/h3-16,18H,1,17,19-21H2,2H3. The number of sulfone groups is 1. The molecule has 6 nitrogen and oxygen atoms in total. The summed E-state index contributed by atoms with van der Waals surface area (Å²) in [6, 6.07) is 22.1. The summed E-state index contributed by atoms with van der Waals surface area (Å²) in [6.45, 7) is 6.35. The summed E-state index contributed by atoms with van der Waals surface area (Å²) in [5, 5.41) is -0.0995. The van der Waals surface area contributed by atoms with E-state index >= 15 is 0 Å². The molecule has 4 aromatic rings. The number of nitrogens with zero attached hydrogens (tertiary/aromatic N) is 3. The van der Waals surface area contributed by atoms with Crippen molar-refractivity contribution < 1.29 is 17.6 Å².